The molecule has 0 aliphatic carbocycles. The van der Waals surface area contributed by atoms with Crippen LogP contribution in [0, 0.1) is 5.92 Å². The van der Waals surface area contributed by atoms with Gasteiger partial charge in [-0.25, -0.2) is 4.79 Å². The van der Waals surface area contributed by atoms with Crippen LogP contribution in [0.15, 0.2) is 35.5 Å². The fraction of sp³-hybridized carbons (Fsp3) is 0.564. The van der Waals surface area contributed by atoms with Crippen molar-refractivity contribution in [3.05, 3.63) is 36.0 Å². The number of para-hydroxylation sites is 1. The van der Waals surface area contributed by atoms with E-state index < -0.39 is 108 Å². The predicted octanol–water partition coefficient (Wildman–Crippen LogP) is -2.86. The number of nitrogens with zero attached hydrogens (tertiary/aromatic N) is 2. The first-order chi connectivity index (χ1) is 29.9. The summed E-state index contributed by atoms with van der Waals surface area (Å²) in [6, 6.07) is -2.48. The van der Waals surface area contributed by atoms with Crippen molar-refractivity contribution < 1.29 is 48.6 Å². The number of amides is 7. The van der Waals surface area contributed by atoms with Crippen molar-refractivity contribution in [3.8, 4) is 0 Å². The van der Waals surface area contributed by atoms with Crippen molar-refractivity contribution in [2.45, 2.75) is 101 Å². The SMILES string of the molecule is CC(C)[C@H](NC(=O)[C@H](CCCN=C(N)N)NC(=O)[C@H](C)NC(=O)[C@H](CO)NC(=O)[C@@H]1CSSC[C@H](N)C(=O)N2CCC[C@H]2C(=O)N[C@@H](Cc2c[nH]c3ccccc23)C(=O)N1)C(=O)O. The van der Waals surface area contributed by atoms with Crippen LogP contribution >= 0.6 is 21.6 Å². The van der Waals surface area contributed by atoms with Crippen LogP contribution in [0.2, 0.25) is 0 Å². The summed E-state index contributed by atoms with van der Waals surface area (Å²) in [7, 11) is 2.31. The minimum Gasteiger partial charge on any atom is -0.480 e. The third kappa shape index (κ3) is 14.2. The molecule has 3 heterocycles. The molecule has 22 nitrogen and oxygen atoms in total. The van der Waals surface area contributed by atoms with Crippen LogP contribution < -0.4 is 49.1 Å². The zero-order valence-corrected chi connectivity index (χ0v) is 36.9. The summed E-state index contributed by atoms with van der Waals surface area (Å²) >= 11 is 0. The van der Waals surface area contributed by atoms with Gasteiger partial charge in [-0.2, -0.15) is 0 Å². The smallest absolute Gasteiger partial charge is 0.326 e. The van der Waals surface area contributed by atoms with E-state index in [1.807, 2.05) is 24.3 Å². The first-order valence-corrected chi connectivity index (χ1v) is 23.0. The minimum atomic E-state index is -1.63. The average molecular weight is 919 g/mol. The van der Waals surface area contributed by atoms with Gasteiger partial charge in [0.05, 0.1) is 12.6 Å². The summed E-state index contributed by atoms with van der Waals surface area (Å²) in [6.45, 7) is 3.99. The fourth-order valence-electron chi connectivity index (χ4n) is 6.96. The van der Waals surface area contributed by atoms with Crippen molar-refractivity contribution >= 4 is 85.8 Å². The summed E-state index contributed by atoms with van der Waals surface area (Å²) in [5.74, 6) is -7.14. The molecule has 2 saturated heterocycles. The number of aromatic amines is 1. The van der Waals surface area contributed by atoms with E-state index in [4.69, 9.17) is 17.2 Å². The molecule has 0 spiro atoms. The Bertz CT molecular complexity index is 2010. The molecule has 2 aliphatic rings. The lowest BCUT2D eigenvalue weighted by Gasteiger charge is -2.29. The zero-order valence-electron chi connectivity index (χ0n) is 35.3. The molecular weight excluding hydrogens is 861 g/mol. The largest absolute Gasteiger partial charge is 0.480 e. The molecule has 2 aromatic rings. The van der Waals surface area contributed by atoms with Crippen LogP contribution in [0.4, 0.5) is 0 Å². The number of guanidine groups is 1. The number of rotatable bonds is 17. The molecule has 0 unspecified atom stereocenters. The third-order valence-electron chi connectivity index (χ3n) is 10.5. The number of aliphatic hydroxyl groups is 1. The number of fused-ring (bicyclic) bond motifs is 2. The Morgan fingerprint density at radius 1 is 0.921 bits per heavy atom. The van der Waals surface area contributed by atoms with Gasteiger partial charge in [-0.05, 0) is 50.2 Å². The maximum absolute atomic E-state index is 14.1. The van der Waals surface area contributed by atoms with Gasteiger partial charge in [-0.3, -0.25) is 38.6 Å². The zero-order chi connectivity index (χ0) is 46.4. The highest BCUT2D eigenvalue weighted by Crippen LogP contribution is 2.26. The third-order valence-corrected chi connectivity index (χ3v) is 12.9. The summed E-state index contributed by atoms with van der Waals surface area (Å²) < 4.78 is 0. The highest BCUT2D eigenvalue weighted by Gasteiger charge is 2.39. The van der Waals surface area contributed by atoms with Crippen LogP contribution in [0.3, 0.4) is 0 Å². The number of carbonyl (C=O) groups excluding carboxylic acids is 7. The number of aliphatic imine (C=N–C) groups is 1. The van der Waals surface area contributed by atoms with E-state index in [0.717, 1.165) is 21.7 Å². The standard InChI is InChI=1S/C39H58N12O10S2/c1-19(2)30(38(60)61)50-32(54)25(10-6-12-43-39(41)42)46-31(53)20(3)45-34(56)27(16-52)48-35(57)28-18-63-62-17-23(40)37(59)51-13-7-11-29(51)36(58)47-26(33(55)49-28)14-21-15-44-24-9-5-4-8-22(21)24/h4-5,8-9,15,19-20,23,25-30,44,52H,6-7,10-14,16-18,40H2,1-3H3,(H,45,56)(H,46,53)(H,47,58)(H,48,57)(H,49,55)(H,50,54)(H,60,61)(H4,41,42,43)/t20-,23-,25-,26-,27-,28-,29-,30-/m0/s1. The van der Waals surface area contributed by atoms with Gasteiger partial charge >= 0.3 is 5.97 Å². The number of hydrogen-bond acceptors (Lipinski definition) is 13. The lowest BCUT2D eigenvalue weighted by atomic mass is 10.0. The normalized spacial score (nSPS) is 21.7. The van der Waals surface area contributed by atoms with Gasteiger partial charge in [-0.15, -0.1) is 0 Å². The molecule has 4 rings (SSSR count). The lowest BCUT2D eigenvalue weighted by molar-refractivity contribution is -0.143. The Balaban J connectivity index is 1.49. The van der Waals surface area contributed by atoms with Crippen LogP contribution in [-0.2, 0) is 44.8 Å². The summed E-state index contributed by atoms with van der Waals surface area (Å²) in [5.41, 5.74) is 18.5. The molecule has 24 heteroatoms. The summed E-state index contributed by atoms with van der Waals surface area (Å²) in [4.78, 5) is 115. The Morgan fingerprint density at radius 2 is 1.62 bits per heavy atom. The molecular formula is C39H58N12O10S2. The average Bonchev–Trinajstić information content (AvgIpc) is 3.90. The number of aliphatic carboxylic acids is 1. The molecule has 0 radical (unpaired) electrons. The second-order valence-corrected chi connectivity index (χ2v) is 18.2. The van der Waals surface area contributed by atoms with Gasteiger partial charge in [-0.1, -0.05) is 53.6 Å². The van der Waals surface area contributed by atoms with E-state index in [-0.39, 0.29) is 43.3 Å². The van der Waals surface area contributed by atoms with Gasteiger partial charge in [0.25, 0.3) is 0 Å². The Morgan fingerprint density at radius 3 is 2.30 bits per heavy atom. The van der Waals surface area contributed by atoms with Crippen molar-refractivity contribution in [3.63, 3.8) is 0 Å². The second kappa shape index (κ2) is 23.7. The van der Waals surface area contributed by atoms with Gasteiger partial charge < -0.3 is 69.2 Å². The predicted molar refractivity (Wildman–Crippen MR) is 236 cm³/mol. The van der Waals surface area contributed by atoms with E-state index >= 15 is 0 Å². The lowest BCUT2D eigenvalue weighted by Crippen LogP contribution is -2.61. The molecule has 1 aromatic carbocycles. The molecule has 8 atom stereocenters. The number of carboxylic acid groups (broad SMARTS) is 1. The molecule has 0 saturated carbocycles. The molecule has 7 amide bonds. The first kappa shape index (κ1) is 50.1. The maximum Gasteiger partial charge on any atom is 0.326 e. The van der Waals surface area contributed by atoms with Crippen molar-refractivity contribution in [2.75, 3.05) is 31.2 Å². The number of aliphatic hydroxyl groups excluding tert-OH is 1. The van der Waals surface area contributed by atoms with Gasteiger partial charge in [0.1, 0.15) is 42.3 Å². The highest BCUT2D eigenvalue weighted by molar-refractivity contribution is 8.76. The number of carboxylic acids is 1. The summed E-state index contributed by atoms with van der Waals surface area (Å²) in [5, 5.41) is 35.9. The van der Waals surface area contributed by atoms with E-state index in [9.17, 15) is 48.6 Å². The van der Waals surface area contributed by atoms with E-state index in [1.165, 1.54) is 22.6 Å². The van der Waals surface area contributed by atoms with Gasteiger partial charge in [0.2, 0.25) is 41.4 Å². The molecule has 346 valence electrons. The molecule has 2 fully saturated rings. The Hall–Kier alpha value is -5.59. The monoisotopic (exact) mass is 918 g/mol. The van der Waals surface area contributed by atoms with E-state index in [1.54, 1.807) is 20.0 Å². The fourth-order valence-corrected chi connectivity index (χ4v) is 9.24. The molecule has 15 N–H and O–H groups in total. The Kier molecular flexibility index (Phi) is 18.9. The van der Waals surface area contributed by atoms with Crippen LogP contribution in [0.1, 0.15) is 52.0 Å². The molecule has 0 bridgehead atoms. The van der Waals surface area contributed by atoms with Crippen LogP contribution in [0.5, 0.6) is 0 Å². The number of hydrogen-bond donors (Lipinski definition) is 12. The quantitative estimate of drug-likeness (QED) is 0.0329. The van der Waals surface area contributed by atoms with E-state index in [2.05, 4.69) is 41.9 Å². The number of H-pyrrole nitrogens is 1. The number of carbonyl (C=O) groups is 8. The highest BCUT2D eigenvalue weighted by atomic mass is 33.1. The van der Waals surface area contributed by atoms with Gasteiger partial charge in [0.15, 0.2) is 5.96 Å². The van der Waals surface area contributed by atoms with Crippen LogP contribution in [-0.4, -0.2) is 153 Å². The van der Waals surface area contributed by atoms with Crippen molar-refractivity contribution in [2.24, 2.45) is 28.1 Å². The molecule has 63 heavy (non-hydrogen) atoms. The molecule has 2 aliphatic heterocycles. The van der Waals surface area contributed by atoms with Gasteiger partial charge in [0, 0.05) is 48.1 Å². The van der Waals surface area contributed by atoms with Crippen molar-refractivity contribution in [1.82, 2.24) is 41.8 Å². The van der Waals surface area contributed by atoms with Crippen molar-refractivity contribution in [1.29, 1.82) is 0 Å². The van der Waals surface area contributed by atoms with E-state index in [0.29, 0.717) is 24.9 Å². The first-order valence-electron chi connectivity index (χ1n) is 20.5. The van der Waals surface area contributed by atoms with Crippen LogP contribution in [0.25, 0.3) is 10.9 Å². The second-order valence-electron chi connectivity index (χ2n) is 15.6. The number of benzene rings is 1. The number of nitrogens with one attached hydrogen (secondary N) is 7. The maximum atomic E-state index is 14.1. The number of aromatic nitrogens is 1. The topological polar surface area (TPSA) is 359 Å². The Labute approximate surface area is 371 Å². The minimum absolute atomic E-state index is 0.00816. The summed E-state index contributed by atoms with van der Waals surface area (Å²) in [6.07, 6.45) is 2.86. The number of nitrogens with two attached hydrogens (primary N) is 3. The molecule has 1 aromatic heterocycles.